The molecule has 10 nitrogen and oxygen atoms in total. The molecule has 2 aromatic heterocycles. The van der Waals surface area contributed by atoms with E-state index in [1.807, 2.05) is 6.92 Å². The predicted molar refractivity (Wildman–Crippen MR) is 124 cm³/mol. The van der Waals surface area contributed by atoms with Crippen LogP contribution in [0.25, 0.3) is 11.0 Å². The molecule has 1 amide bonds. The van der Waals surface area contributed by atoms with E-state index < -0.39 is 27.2 Å². The number of piperidine rings is 1. The first-order chi connectivity index (χ1) is 15.6. The van der Waals surface area contributed by atoms with Gasteiger partial charge in [-0.2, -0.15) is 4.31 Å². The van der Waals surface area contributed by atoms with Gasteiger partial charge in [0, 0.05) is 32.2 Å². The standard InChI is InChI=1S/C22H25N5O5S/c1-14-7-4-5-10-27(14)33(31,32)17-9-6-8-15(11-17)20(28)24-16-12-18-19(23-13-16)25(2)22(30)26(3)21(18)29/h6,8-9,11-14H,4-5,7,10H2,1-3H3,(H,24,28). The third-order valence-corrected chi connectivity index (χ3v) is 8.01. The van der Waals surface area contributed by atoms with Crippen molar-refractivity contribution in [2.45, 2.75) is 37.1 Å². The molecule has 0 aliphatic carbocycles. The van der Waals surface area contributed by atoms with Crippen LogP contribution in [0.15, 0.2) is 51.0 Å². The molecule has 0 bridgehead atoms. The normalized spacial score (nSPS) is 17.2. The third kappa shape index (κ3) is 4.09. The number of aryl methyl sites for hydroxylation is 1. The number of fused-ring (bicyclic) bond motifs is 1. The van der Waals surface area contributed by atoms with Crippen LogP contribution in [0, 0.1) is 0 Å². The Hall–Kier alpha value is -3.31. The lowest BCUT2D eigenvalue weighted by Gasteiger charge is -2.32. The van der Waals surface area contributed by atoms with Crippen LogP contribution >= 0.6 is 0 Å². The molecule has 33 heavy (non-hydrogen) atoms. The van der Waals surface area contributed by atoms with E-state index in [4.69, 9.17) is 0 Å². The topological polar surface area (TPSA) is 123 Å². The molecule has 3 aromatic rings. The maximum absolute atomic E-state index is 13.1. The molecule has 1 aromatic carbocycles. The Morgan fingerprint density at radius 2 is 1.88 bits per heavy atom. The van der Waals surface area contributed by atoms with Gasteiger partial charge in [-0.05, 0) is 44.0 Å². The second-order valence-electron chi connectivity index (χ2n) is 8.24. The molecule has 1 fully saturated rings. The summed E-state index contributed by atoms with van der Waals surface area (Å²) in [5, 5.41) is 2.83. The number of carbonyl (C=O) groups excluding carboxylic acids is 1. The molecule has 1 saturated heterocycles. The zero-order valence-electron chi connectivity index (χ0n) is 18.6. The van der Waals surface area contributed by atoms with Gasteiger partial charge in [-0.1, -0.05) is 12.5 Å². The van der Waals surface area contributed by atoms with Gasteiger partial charge in [0.1, 0.15) is 5.65 Å². The minimum Gasteiger partial charge on any atom is -0.321 e. The summed E-state index contributed by atoms with van der Waals surface area (Å²) >= 11 is 0. The third-order valence-electron chi connectivity index (χ3n) is 6.00. The summed E-state index contributed by atoms with van der Waals surface area (Å²) in [6.45, 7) is 2.35. The average Bonchev–Trinajstić information content (AvgIpc) is 2.81. The minimum absolute atomic E-state index is 0.0596. The van der Waals surface area contributed by atoms with Crippen LogP contribution in [0.5, 0.6) is 0 Å². The summed E-state index contributed by atoms with van der Waals surface area (Å²) in [5.74, 6) is -0.540. The van der Waals surface area contributed by atoms with Crippen molar-refractivity contribution in [2.24, 2.45) is 14.1 Å². The van der Waals surface area contributed by atoms with Crippen molar-refractivity contribution in [1.82, 2.24) is 18.4 Å². The van der Waals surface area contributed by atoms with E-state index >= 15 is 0 Å². The Morgan fingerprint density at radius 1 is 1.12 bits per heavy atom. The Morgan fingerprint density at radius 3 is 2.61 bits per heavy atom. The fraction of sp³-hybridized carbons (Fsp3) is 0.364. The van der Waals surface area contributed by atoms with Gasteiger partial charge in [-0.25, -0.2) is 18.2 Å². The summed E-state index contributed by atoms with van der Waals surface area (Å²) < 4.78 is 29.9. The molecule has 1 atom stereocenters. The molecule has 0 radical (unpaired) electrons. The number of anilines is 1. The molecule has 3 heterocycles. The Balaban J connectivity index is 1.64. The number of nitrogens with zero attached hydrogens (tertiary/aromatic N) is 4. The van der Waals surface area contributed by atoms with Gasteiger partial charge in [0.2, 0.25) is 10.0 Å². The fourth-order valence-corrected chi connectivity index (χ4v) is 5.84. The highest BCUT2D eigenvalue weighted by atomic mass is 32.2. The SMILES string of the molecule is CC1CCCCN1S(=O)(=O)c1cccc(C(=O)Nc2cnc3c(c2)c(=O)n(C)c(=O)n3C)c1. The summed E-state index contributed by atoms with van der Waals surface area (Å²) in [7, 11) is -0.854. The highest BCUT2D eigenvalue weighted by molar-refractivity contribution is 7.89. The average molecular weight is 472 g/mol. The summed E-state index contributed by atoms with van der Waals surface area (Å²) in [6, 6.07) is 7.23. The first-order valence-corrected chi connectivity index (χ1v) is 12.0. The number of nitrogens with one attached hydrogen (secondary N) is 1. The highest BCUT2D eigenvalue weighted by Gasteiger charge is 2.31. The number of aromatic nitrogens is 3. The zero-order valence-corrected chi connectivity index (χ0v) is 19.4. The highest BCUT2D eigenvalue weighted by Crippen LogP contribution is 2.25. The van der Waals surface area contributed by atoms with E-state index in [1.165, 1.54) is 59.5 Å². The molecule has 174 valence electrons. The van der Waals surface area contributed by atoms with E-state index in [0.29, 0.717) is 6.54 Å². The second-order valence-corrected chi connectivity index (χ2v) is 10.1. The van der Waals surface area contributed by atoms with Crippen molar-refractivity contribution in [3.8, 4) is 0 Å². The van der Waals surface area contributed by atoms with Gasteiger partial charge in [0.25, 0.3) is 11.5 Å². The number of amides is 1. The van der Waals surface area contributed by atoms with Crippen molar-refractivity contribution >= 4 is 32.7 Å². The largest absolute Gasteiger partial charge is 0.332 e. The molecule has 4 rings (SSSR count). The zero-order chi connectivity index (χ0) is 23.9. The van der Waals surface area contributed by atoms with Gasteiger partial charge in [-0.3, -0.25) is 18.7 Å². The predicted octanol–water partition coefficient (Wildman–Crippen LogP) is 1.45. The van der Waals surface area contributed by atoms with Gasteiger partial charge >= 0.3 is 5.69 Å². The van der Waals surface area contributed by atoms with Gasteiger partial charge < -0.3 is 5.32 Å². The van der Waals surface area contributed by atoms with Crippen LogP contribution in [-0.4, -0.2) is 45.3 Å². The second kappa shape index (κ2) is 8.56. The lowest BCUT2D eigenvalue weighted by molar-refractivity contribution is 0.102. The van der Waals surface area contributed by atoms with E-state index in [1.54, 1.807) is 0 Å². The molecule has 1 aliphatic rings. The van der Waals surface area contributed by atoms with Crippen LogP contribution in [0.1, 0.15) is 36.5 Å². The van der Waals surface area contributed by atoms with Gasteiger partial charge in [0.05, 0.1) is 22.2 Å². The van der Waals surface area contributed by atoms with Crippen LogP contribution in [0.3, 0.4) is 0 Å². The number of pyridine rings is 1. The lowest BCUT2D eigenvalue weighted by Crippen LogP contribution is -2.41. The first kappa shape index (κ1) is 22.9. The monoisotopic (exact) mass is 471 g/mol. The van der Waals surface area contributed by atoms with Crippen LogP contribution < -0.4 is 16.6 Å². The van der Waals surface area contributed by atoms with Gasteiger partial charge in [0.15, 0.2) is 0 Å². The minimum atomic E-state index is -3.72. The van der Waals surface area contributed by atoms with Crippen molar-refractivity contribution < 1.29 is 13.2 Å². The number of rotatable bonds is 4. The van der Waals surface area contributed by atoms with Crippen molar-refractivity contribution in [3.05, 3.63) is 62.9 Å². The van der Waals surface area contributed by atoms with Crippen LogP contribution in [0.4, 0.5) is 5.69 Å². The molecule has 1 N–H and O–H groups in total. The Kier molecular flexibility index (Phi) is 5.93. The van der Waals surface area contributed by atoms with E-state index in [2.05, 4.69) is 10.3 Å². The maximum Gasteiger partial charge on any atom is 0.332 e. The number of sulfonamides is 1. The van der Waals surface area contributed by atoms with Crippen molar-refractivity contribution in [2.75, 3.05) is 11.9 Å². The fourth-order valence-electron chi connectivity index (χ4n) is 4.10. The van der Waals surface area contributed by atoms with E-state index in [-0.39, 0.29) is 33.2 Å². The first-order valence-electron chi connectivity index (χ1n) is 10.6. The summed E-state index contributed by atoms with van der Waals surface area (Å²) in [5.41, 5.74) is -0.418. The molecule has 1 aliphatic heterocycles. The van der Waals surface area contributed by atoms with Crippen LogP contribution in [0.2, 0.25) is 0 Å². The van der Waals surface area contributed by atoms with Crippen LogP contribution in [-0.2, 0) is 24.1 Å². The van der Waals surface area contributed by atoms with Crippen molar-refractivity contribution in [3.63, 3.8) is 0 Å². The van der Waals surface area contributed by atoms with E-state index in [0.717, 1.165) is 23.8 Å². The smallest absolute Gasteiger partial charge is 0.321 e. The molecular formula is C22H25N5O5S. The van der Waals surface area contributed by atoms with Crippen molar-refractivity contribution in [1.29, 1.82) is 0 Å². The summed E-state index contributed by atoms with van der Waals surface area (Å²) in [6.07, 6.45) is 3.95. The number of hydrogen-bond acceptors (Lipinski definition) is 6. The lowest BCUT2D eigenvalue weighted by atomic mass is 10.1. The quantitative estimate of drug-likeness (QED) is 0.614. The summed E-state index contributed by atoms with van der Waals surface area (Å²) in [4.78, 5) is 41.6. The molecule has 0 saturated carbocycles. The maximum atomic E-state index is 13.1. The molecule has 0 spiro atoms. The number of hydrogen-bond donors (Lipinski definition) is 1. The molecule has 11 heteroatoms. The Bertz CT molecular complexity index is 1470. The Labute approximate surface area is 190 Å². The molecule has 1 unspecified atom stereocenters. The molecular weight excluding hydrogens is 446 g/mol. The number of carbonyl (C=O) groups is 1. The van der Waals surface area contributed by atoms with Gasteiger partial charge in [-0.15, -0.1) is 0 Å². The number of benzene rings is 1. The van der Waals surface area contributed by atoms with E-state index in [9.17, 15) is 22.8 Å².